The molecule has 20 heavy (non-hydrogen) atoms. The zero-order chi connectivity index (χ0) is 14.9. The van der Waals surface area contributed by atoms with Crippen molar-refractivity contribution >= 4 is 5.97 Å². The minimum absolute atomic E-state index is 0.0174. The van der Waals surface area contributed by atoms with E-state index in [-0.39, 0.29) is 11.4 Å². The second-order valence-electron chi connectivity index (χ2n) is 3.79. The van der Waals surface area contributed by atoms with Crippen LogP contribution in [-0.2, 0) is 6.18 Å². The van der Waals surface area contributed by atoms with Crippen LogP contribution >= 0.6 is 0 Å². The first-order valence-corrected chi connectivity index (χ1v) is 5.23. The molecule has 1 aromatic carbocycles. The molecule has 0 aliphatic carbocycles. The number of benzene rings is 1. The van der Waals surface area contributed by atoms with Crippen molar-refractivity contribution in [1.82, 2.24) is 9.78 Å². The summed E-state index contributed by atoms with van der Waals surface area (Å²) in [6.45, 7) is 0. The van der Waals surface area contributed by atoms with E-state index < -0.39 is 23.3 Å². The predicted octanol–water partition coefficient (Wildman–Crippen LogP) is 2.46. The van der Waals surface area contributed by atoms with Crippen LogP contribution in [-0.4, -0.2) is 20.9 Å². The number of aromatic carboxylic acids is 1. The lowest BCUT2D eigenvalue weighted by Crippen LogP contribution is -2.09. The van der Waals surface area contributed by atoms with Crippen LogP contribution in [0.4, 0.5) is 13.2 Å². The summed E-state index contributed by atoms with van der Waals surface area (Å²) in [6, 6.07) is 5.64. The van der Waals surface area contributed by atoms with Crippen molar-refractivity contribution in [2.24, 2.45) is 0 Å². The first kappa shape index (κ1) is 13.6. The van der Waals surface area contributed by atoms with Crippen molar-refractivity contribution in [2.75, 3.05) is 0 Å². The number of halogens is 3. The normalized spacial score (nSPS) is 11.1. The number of hydrogen-bond donors (Lipinski definition) is 1. The Balaban J connectivity index is 2.53. The monoisotopic (exact) mass is 281 g/mol. The fourth-order valence-corrected chi connectivity index (χ4v) is 1.59. The van der Waals surface area contributed by atoms with E-state index in [9.17, 15) is 18.0 Å². The molecule has 2 aromatic rings. The highest BCUT2D eigenvalue weighted by Gasteiger charge is 2.34. The van der Waals surface area contributed by atoms with Crippen LogP contribution in [0.15, 0.2) is 30.5 Å². The molecular formula is C12H6F3N3O2. The summed E-state index contributed by atoms with van der Waals surface area (Å²) in [4.78, 5) is 10.7. The Morgan fingerprint density at radius 2 is 2.05 bits per heavy atom. The van der Waals surface area contributed by atoms with E-state index in [4.69, 9.17) is 10.4 Å². The van der Waals surface area contributed by atoms with Gasteiger partial charge in [0.1, 0.15) is 0 Å². The number of nitrogens with zero attached hydrogens (tertiary/aromatic N) is 3. The standard InChI is InChI=1S/C12H6F3N3O2/c13-12(14,15)9-5-8(2-1-7(9)6-16)18-4-3-10(17-18)11(19)20/h1-5H,(H,19,20). The van der Waals surface area contributed by atoms with E-state index in [1.54, 1.807) is 0 Å². The third-order valence-electron chi connectivity index (χ3n) is 2.50. The fourth-order valence-electron chi connectivity index (χ4n) is 1.59. The Bertz CT molecular complexity index is 713. The third-order valence-corrected chi connectivity index (χ3v) is 2.50. The van der Waals surface area contributed by atoms with E-state index >= 15 is 0 Å². The van der Waals surface area contributed by atoms with Gasteiger partial charge < -0.3 is 5.11 Å². The summed E-state index contributed by atoms with van der Waals surface area (Å²) in [7, 11) is 0. The number of carbonyl (C=O) groups is 1. The van der Waals surface area contributed by atoms with Gasteiger partial charge in [-0.2, -0.15) is 23.5 Å². The molecule has 0 radical (unpaired) electrons. The molecule has 0 aliphatic rings. The van der Waals surface area contributed by atoms with Gasteiger partial charge in [0.05, 0.1) is 22.9 Å². The highest BCUT2D eigenvalue weighted by Crippen LogP contribution is 2.33. The number of nitriles is 1. The van der Waals surface area contributed by atoms with Crippen molar-refractivity contribution in [1.29, 1.82) is 5.26 Å². The molecule has 102 valence electrons. The summed E-state index contributed by atoms with van der Waals surface area (Å²) in [5.41, 5.74) is -1.87. The summed E-state index contributed by atoms with van der Waals surface area (Å²) in [5.74, 6) is -1.28. The lowest BCUT2D eigenvalue weighted by molar-refractivity contribution is -0.137. The van der Waals surface area contributed by atoms with Gasteiger partial charge >= 0.3 is 12.1 Å². The van der Waals surface area contributed by atoms with Gasteiger partial charge in [-0.25, -0.2) is 9.48 Å². The van der Waals surface area contributed by atoms with Crippen LogP contribution < -0.4 is 0 Å². The quantitative estimate of drug-likeness (QED) is 0.917. The molecule has 0 unspecified atom stereocenters. The summed E-state index contributed by atoms with van der Waals surface area (Å²) in [6.07, 6.45) is -3.45. The van der Waals surface area contributed by atoms with E-state index in [1.807, 2.05) is 0 Å². The van der Waals surface area contributed by atoms with Gasteiger partial charge in [0.15, 0.2) is 5.69 Å². The van der Waals surface area contributed by atoms with E-state index in [1.165, 1.54) is 18.3 Å². The molecule has 0 saturated heterocycles. The molecule has 0 bridgehead atoms. The Morgan fingerprint density at radius 1 is 1.35 bits per heavy atom. The Kier molecular flexibility index (Phi) is 3.19. The third kappa shape index (κ3) is 2.47. The minimum Gasteiger partial charge on any atom is -0.476 e. The number of carboxylic acid groups (broad SMARTS) is 1. The van der Waals surface area contributed by atoms with Crippen molar-refractivity contribution in [3.63, 3.8) is 0 Å². The van der Waals surface area contributed by atoms with Crippen LogP contribution in [0, 0.1) is 11.3 Å². The first-order valence-electron chi connectivity index (χ1n) is 5.23. The van der Waals surface area contributed by atoms with Crippen molar-refractivity contribution in [2.45, 2.75) is 6.18 Å². The van der Waals surface area contributed by atoms with E-state index in [0.29, 0.717) is 0 Å². The molecule has 0 amide bonds. The molecule has 0 aliphatic heterocycles. The maximum Gasteiger partial charge on any atom is 0.417 e. The summed E-state index contributed by atoms with van der Waals surface area (Å²) in [5, 5.41) is 21.0. The zero-order valence-corrected chi connectivity index (χ0v) is 9.72. The average Bonchev–Trinajstić information content (AvgIpc) is 2.86. The molecular weight excluding hydrogens is 275 g/mol. The Morgan fingerprint density at radius 3 is 2.55 bits per heavy atom. The molecule has 0 saturated carbocycles. The Labute approximate surface area is 110 Å². The molecule has 8 heteroatoms. The van der Waals surface area contributed by atoms with Crippen LogP contribution in [0.2, 0.25) is 0 Å². The lowest BCUT2D eigenvalue weighted by Gasteiger charge is -2.10. The van der Waals surface area contributed by atoms with Crippen LogP contribution in [0.3, 0.4) is 0 Å². The van der Waals surface area contributed by atoms with Gasteiger partial charge in [-0.3, -0.25) is 0 Å². The summed E-state index contributed by atoms with van der Waals surface area (Å²) < 4.78 is 39.4. The second kappa shape index (κ2) is 4.70. The molecule has 1 aromatic heterocycles. The van der Waals surface area contributed by atoms with Gasteiger partial charge in [0.25, 0.3) is 0 Å². The van der Waals surface area contributed by atoms with Crippen LogP contribution in [0.1, 0.15) is 21.6 Å². The number of alkyl halides is 3. The fraction of sp³-hybridized carbons (Fsp3) is 0.0833. The predicted molar refractivity (Wildman–Crippen MR) is 60.2 cm³/mol. The maximum atomic E-state index is 12.8. The van der Waals surface area contributed by atoms with Gasteiger partial charge in [0.2, 0.25) is 0 Å². The maximum absolute atomic E-state index is 12.8. The molecule has 1 heterocycles. The molecule has 0 fully saturated rings. The zero-order valence-electron chi connectivity index (χ0n) is 9.72. The van der Waals surface area contributed by atoms with Gasteiger partial charge in [-0.05, 0) is 24.3 Å². The van der Waals surface area contributed by atoms with Crippen LogP contribution in [0.5, 0.6) is 0 Å². The topological polar surface area (TPSA) is 78.9 Å². The number of rotatable bonds is 2. The minimum atomic E-state index is -4.68. The van der Waals surface area contributed by atoms with Gasteiger partial charge in [0, 0.05) is 6.20 Å². The van der Waals surface area contributed by atoms with E-state index in [0.717, 1.165) is 22.9 Å². The molecule has 0 spiro atoms. The summed E-state index contributed by atoms with van der Waals surface area (Å²) >= 11 is 0. The molecule has 5 nitrogen and oxygen atoms in total. The number of carboxylic acids is 1. The van der Waals surface area contributed by atoms with Crippen molar-refractivity contribution in [3.05, 3.63) is 47.3 Å². The largest absolute Gasteiger partial charge is 0.476 e. The van der Waals surface area contributed by atoms with E-state index in [2.05, 4.69) is 5.10 Å². The molecule has 0 atom stereocenters. The highest BCUT2D eigenvalue weighted by atomic mass is 19.4. The molecule has 2 rings (SSSR count). The van der Waals surface area contributed by atoms with Crippen molar-refractivity contribution < 1.29 is 23.1 Å². The SMILES string of the molecule is N#Cc1ccc(-n2ccc(C(=O)O)n2)cc1C(F)(F)F. The van der Waals surface area contributed by atoms with Crippen molar-refractivity contribution in [3.8, 4) is 11.8 Å². The number of aromatic nitrogens is 2. The van der Waals surface area contributed by atoms with Gasteiger partial charge in [-0.15, -0.1) is 0 Å². The first-order chi connectivity index (χ1) is 9.32. The average molecular weight is 281 g/mol. The van der Waals surface area contributed by atoms with Gasteiger partial charge in [-0.1, -0.05) is 0 Å². The van der Waals surface area contributed by atoms with Crippen LogP contribution in [0.25, 0.3) is 5.69 Å². The lowest BCUT2D eigenvalue weighted by atomic mass is 10.1. The molecule has 1 N–H and O–H groups in total. The Hall–Kier alpha value is -2.82. The highest BCUT2D eigenvalue weighted by molar-refractivity contribution is 5.85. The number of hydrogen-bond acceptors (Lipinski definition) is 3. The smallest absolute Gasteiger partial charge is 0.417 e. The second-order valence-corrected chi connectivity index (χ2v) is 3.79.